The summed E-state index contributed by atoms with van der Waals surface area (Å²) >= 11 is 1.47. The molecule has 0 saturated heterocycles. The molecule has 0 atom stereocenters. The molecule has 0 bridgehead atoms. The second-order valence-electron chi connectivity index (χ2n) is 4.32. The van der Waals surface area contributed by atoms with Gasteiger partial charge in [0.2, 0.25) is 0 Å². The van der Waals surface area contributed by atoms with Crippen molar-refractivity contribution in [2.24, 2.45) is 0 Å². The third-order valence-electron chi connectivity index (χ3n) is 2.72. The molecule has 0 aliphatic carbocycles. The first kappa shape index (κ1) is 14.8. The Morgan fingerprint density at radius 3 is 2.15 bits per heavy atom. The lowest BCUT2D eigenvalue weighted by molar-refractivity contribution is 0.102. The van der Waals surface area contributed by atoms with Crippen LogP contribution in [0.4, 0.5) is 0 Å². The topological polar surface area (TPSA) is 51.2 Å². The Labute approximate surface area is 122 Å². The molecular formula is C15H14O3S2. The molecule has 20 heavy (non-hydrogen) atoms. The minimum absolute atomic E-state index is 0.0149. The maximum absolute atomic E-state index is 12.0. The molecule has 2 rings (SSSR count). The van der Waals surface area contributed by atoms with Crippen LogP contribution in [-0.4, -0.2) is 26.2 Å². The van der Waals surface area contributed by atoms with Crippen molar-refractivity contribution in [3.05, 3.63) is 60.2 Å². The summed E-state index contributed by atoms with van der Waals surface area (Å²) in [6.07, 6.45) is 1.15. The van der Waals surface area contributed by atoms with E-state index in [-0.39, 0.29) is 10.7 Å². The highest BCUT2D eigenvalue weighted by Crippen LogP contribution is 2.19. The Kier molecular flexibility index (Phi) is 4.62. The van der Waals surface area contributed by atoms with E-state index in [0.29, 0.717) is 11.3 Å². The zero-order valence-corrected chi connectivity index (χ0v) is 12.6. The molecule has 2 aromatic carbocycles. The monoisotopic (exact) mass is 306 g/mol. The lowest BCUT2D eigenvalue weighted by Gasteiger charge is -2.03. The van der Waals surface area contributed by atoms with Gasteiger partial charge >= 0.3 is 0 Å². The molecule has 5 heteroatoms. The molecule has 0 heterocycles. The van der Waals surface area contributed by atoms with Crippen LogP contribution in [0.2, 0.25) is 0 Å². The van der Waals surface area contributed by atoms with E-state index in [4.69, 9.17) is 0 Å². The van der Waals surface area contributed by atoms with Crippen molar-refractivity contribution in [1.29, 1.82) is 0 Å². The first-order valence-corrected chi connectivity index (χ1v) is 8.86. The summed E-state index contributed by atoms with van der Waals surface area (Å²) in [4.78, 5) is 13.3. The number of carbonyl (C=O) groups excluding carboxylic acids is 1. The number of carbonyl (C=O) groups is 1. The smallest absolute Gasteiger partial charge is 0.175 e. The second-order valence-corrected chi connectivity index (χ2v) is 7.39. The molecule has 3 nitrogen and oxygen atoms in total. The van der Waals surface area contributed by atoms with Gasteiger partial charge in [0.1, 0.15) is 0 Å². The Morgan fingerprint density at radius 1 is 1.00 bits per heavy atom. The molecule has 104 valence electrons. The number of rotatable bonds is 5. The molecule has 0 N–H and O–H groups in total. The van der Waals surface area contributed by atoms with E-state index in [9.17, 15) is 13.2 Å². The number of Topliss-reactive ketones (excluding diaryl/α,β-unsaturated/α-hetero) is 1. The van der Waals surface area contributed by atoms with E-state index in [1.54, 1.807) is 12.1 Å². The number of thioether (sulfide) groups is 1. The molecule has 0 radical (unpaired) electrons. The van der Waals surface area contributed by atoms with Gasteiger partial charge < -0.3 is 0 Å². The van der Waals surface area contributed by atoms with Crippen LogP contribution in [0.25, 0.3) is 0 Å². The fourth-order valence-electron chi connectivity index (χ4n) is 1.64. The number of ketones is 1. The minimum Gasteiger partial charge on any atom is -0.293 e. The molecule has 0 aliphatic rings. The zero-order chi connectivity index (χ0) is 14.6. The van der Waals surface area contributed by atoms with Gasteiger partial charge in [-0.2, -0.15) is 0 Å². The zero-order valence-electron chi connectivity index (χ0n) is 10.9. The Balaban J connectivity index is 2.03. The SMILES string of the molecule is CS(=O)(=O)c1ccc(C(=O)CSc2ccccc2)cc1. The summed E-state index contributed by atoms with van der Waals surface area (Å²) in [6.45, 7) is 0. The van der Waals surface area contributed by atoms with Crippen LogP contribution in [-0.2, 0) is 9.84 Å². The maximum Gasteiger partial charge on any atom is 0.175 e. The minimum atomic E-state index is -3.22. The van der Waals surface area contributed by atoms with Crippen LogP contribution < -0.4 is 0 Å². The highest BCUT2D eigenvalue weighted by Gasteiger charge is 2.10. The molecular weight excluding hydrogens is 292 g/mol. The van der Waals surface area contributed by atoms with Gasteiger partial charge in [0.25, 0.3) is 0 Å². The summed E-state index contributed by atoms with van der Waals surface area (Å²) in [6, 6.07) is 15.7. The largest absolute Gasteiger partial charge is 0.293 e. The molecule has 0 saturated carbocycles. The first-order chi connectivity index (χ1) is 9.47. The van der Waals surface area contributed by atoms with E-state index >= 15 is 0 Å². The quantitative estimate of drug-likeness (QED) is 0.629. The summed E-state index contributed by atoms with van der Waals surface area (Å²) in [5.41, 5.74) is 0.529. The Bertz CT molecular complexity index is 690. The van der Waals surface area contributed by atoms with Crippen LogP contribution in [0.3, 0.4) is 0 Å². The van der Waals surface area contributed by atoms with Crippen LogP contribution in [0.5, 0.6) is 0 Å². The fraction of sp³-hybridized carbons (Fsp3) is 0.133. The van der Waals surface area contributed by atoms with E-state index < -0.39 is 9.84 Å². The normalized spacial score (nSPS) is 11.2. The summed E-state index contributed by atoms with van der Waals surface area (Å²) < 4.78 is 22.7. The van der Waals surface area contributed by atoms with Gasteiger partial charge in [-0.3, -0.25) is 4.79 Å². The molecule has 0 fully saturated rings. The third kappa shape index (κ3) is 3.95. The number of sulfone groups is 1. The van der Waals surface area contributed by atoms with Gasteiger partial charge in [-0.15, -0.1) is 11.8 Å². The summed E-state index contributed by atoms with van der Waals surface area (Å²) in [5, 5.41) is 0. The first-order valence-electron chi connectivity index (χ1n) is 5.98. The summed E-state index contributed by atoms with van der Waals surface area (Å²) in [5.74, 6) is 0.321. The van der Waals surface area contributed by atoms with E-state index in [1.807, 2.05) is 30.3 Å². The van der Waals surface area contributed by atoms with Crippen molar-refractivity contribution < 1.29 is 13.2 Å². The second kappa shape index (κ2) is 6.24. The van der Waals surface area contributed by atoms with Crippen molar-refractivity contribution in [3.8, 4) is 0 Å². The lowest BCUT2D eigenvalue weighted by Crippen LogP contribution is -2.03. The van der Waals surface area contributed by atoms with Gasteiger partial charge in [-0.05, 0) is 24.3 Å². The number of hydrogen-bond donors (Lipinski definition) is 0. The Hall–Kier alpha value is -1.59. The van der Waals surface area contributed by atoms with Gasteiger partial charge in [0, 0.05) is 16.7 Å². The fourth-order valence-corrected chi connectivity index (χ4v) is 3.08. The highest BCUT2D eigenvalue weighted by atomic mass is 32.2. The molecule has 0 aliphatic heterocycles. The van der Waals surface area contributed by atoms with Crippen LogP contribution in [0.15, 0.2) is 64.4 Å². The van der Waals surface area contributed by atoms with Crippen LogP contribution in [0.1, 0.15) is 10.4 Å². The molecule has 0 aromatic heterocycles. The lowest BCUT2D eigenvalue weighted by atomic mass is 10.1. The molecule has 0 spiro atoms. The number of benzene rings is 2. The van der Waals surface area contributed by atoms with E-state index in [1.165, 1.54) is 23.9 Å². The average molecular weight is 306 g/mol. The van der Waals surface area contributed by atoms with Crippen molar-refractivity contribution in [2.75, 3.05) is 12.0 Å². The van der Waals surface area contributed by atoms with Gasteiger partial charge in [-0.1, -0.05) is 30.3 Å². The van der Waals surface area contributed by atoms with E-state index in [2.05, 4.69) is 0 Å². The van der Waals surface area contributed by atoms with Crippen molar-refractivity contribution in [3.63, 3.8) is 0 Å². The van der Waals surface area contributed by atoms with Crippen molar-refractivity contribution in [1.82, 2.24) is 0 Å². The standard InChI is InChI=1S/C15H14O3S2/c1-20(17,18)14-9-7-12(8-10-14)15(16)11-19-13-5-3-2-4-6-13/h2-10H,11H2,1H3. The van der Waals surface area contributed by atoms with Crippen LogP contribution >= 0.6 is 11.8 Å². The Morgan fingerprint density at radius 2 is 1.60 bits per heavy atom. The molecule has 0 unspecified atom stereocenters. The van der Waals surface area contributed by atoms with E-state index in [0.717, 1.165) is 11.2 Å². The predicted molar refractivity (Wildman–Crippen MR) is 81.0 cm³/mol. The number of hydrogen-bond acceptors (Lipinski definition) is 4. The van der Waals surface area contributed by atoms with Gasteiger partial charge in [0.15, 0.2) is 15.6 Å². The molecule has 2 aromatic rings. The van der Waals surface area contributed by atoms with Crippen molar-refractivity contribution >= 4 is 27.4 Å². The van der Waals surface area contributed by atoms with Crippen molar-refractivity contribution in [2.45, 2.75) is 9.79 Å². The average Bonchev–Trinajstić information content (AvgIpc) is 2.45. The van der Waals surface area contributed by atoms with Crippen LogP contribution in [0, 0.1) is 0 Å². The predicted octanol–water partition coefficient (Wildman–Crippen LogP) is 3.07. The van der Waals surface area contributed by atoms with Gasteiger partial charge in [-0.25, -0.2) is 8.42 Å². The highest BCUT2D eigenvalue weighted by molar-refractivity contribution is 8.00. The maximum atomic E-state index is 12.0. The third-order valence-corrected chi connectivity index (χ3v) is 4.86. The summed E-state index contributed by atoms with van der Waals surface area (Å²) in [7, 11) is -3.22. The molecule has 0 amide bonds. The van der Waals surface area contributed by atoms with Gasteiger partial charge in [0.05, 0.1) is 10.6 Å².